The lowest BCUT2D eigenvalue weighted by Crippen LogP contribution is -2.11. The highest BCUT2D eigenvalue weighted by atomic mass is 35.5. The van der Waals surface area contributed by atoms with E-state index in [1.165, 1.54) is 0 Å². The van der Waals surface area contributed by atoms with Crippen LogP contribution in [0, 0.1) is 0 Å². The molecule has 1 atom stereocenters. The third-order valence-corrected chi connectivity index (χ3v) is 3.06. The molecular formula is C13H16ClN3. The molecule has 90 valence electrons. The summed E-state index contributed by atoms with van der Waals surface area (Å²) in [5.41, 5.74) is 13.8. The van der Waals surface area contributed by atoms with Crippen LogP contribution < -0.4 is 11.5 Å². The van der Waals surface area contributed by atoms with Crippen LogP contribution in [0.25, 0.3) is 10.9 Å². The van der Waals surface area contributed by atoms with Gasteiger partial charge in [0.2, 0.25) is 0 Å². The van der Waals surface area contributed by atoms with Crippen molar-refractivity contribution in [3.05, 3.63) is 34.9 Å². The molecule has 0 radical (unpaired) electrons. The number of nitrogens with zero attached hydrogens (tertiary/aromatic N) is 1. The zero-order valence-corrected chi connectivity index (χ0v) is 10.5. The first-order chi connectivity index (χ1) is 8.11. The van der Waals surface area contributed by atoms with Crippen molar-refractivity contribution in [2.24, 2.45) is 5.73 Å². The molecule has 0 aliphatic rings. The number of rotatable bonds is 3. The number of pyridine rings is 1. The fraction of sp³-hybridized carbons (Fsp3) is 0.308. The van der Waals surface area contributed by atoms with E-state index in [0.717, 1.165) is 29.3 Å². The van der Waals surface area contributed by atoms with Crippen LogP contribution in [-0.4, -0.2) is 4.98 Å². The van der Waals surface area contributed by atoms with E-state index in [2.05, 4.69) is 11.9 Å². The van der Waals surface area contributed by atoms with Gasteiger partial charge in [0, 0.05) is 16.5 Å². The van der Waals surface area contributed by atoms with Crippen molar-refractivity contribution in [2.45, 2.75) is 25.8 Å². The third-order valence-electron chi connectivity index (χ3n) is 2.82. The molecule has 0 saturated heterocycles. The van der Waals surface area contributed by atoms with Gasteiger partial charge in [-0.1, -0.05) is 31.0 Å². The molecule has 0 aliphatic carbocycles. The highest BCUT2D eigenvalue weighted by molar-refractivity contribution is 6.31. The van der Waals surface area contributed by atoms with E-state index in [4.69, 9.17) is 23.1 Å². The minimum Gasteiger partial charge on any atom is -0.384 e. The Morgan fingerprint density at radius 1 is 1.35 bits per heavy atom. The Morgan fingerprint density at radius 2 is 2.12 bits per heavy atom. The molecule has 1 heterocycles. The number of fused-ring (bicyclic) bond motifs is 1. The molecule has 0 fully saturated rings. The normalized spacial score (nSPS) is 12.9. The molecule has 4 heteroatoms. The van der Waals surface area contributed by atoms with Gasteiger partial charge in [-0.25, -0.2) is 4.98 Å². The molecule has 0 saturated carbocycles. The number of hydrogen-bond donors (Lipinski definition) is 2. The van der Waals surface area contributed by atoms with E-state index in [9.17, 15) is 0 Å². The maximum atomic E-state index is 6.16. The molecule has 4 N–H and O–H groups in total. The average Bonchev–Trinajstić information content (AvgIpc) is 2.27. The molecule has 17 heavy (non-hydrogen) atoms. The summed E-state index contributed by atoms with van der Waals surface area (Å²) in [6.45, 7) is 2.11. The lowest BCUT2D eigenvalue weighted by atomic mass is 9.99. The van der Waals surface area contributed by atoms with Gasteiger partial charge in [0.25, 0.3) is 0 Å². The highest BCUT2D eigenvalue weighted by Crippen LogP contribution is 2.28. The van der Waals surface area contributed by atoms with Gasteiger partial charge < -0.3 is 11.5 Å². The Bertz CT molecular complexity index is 534. The van der Waals surface area contributed by atoms with E-state index in [0.29, 0.717) is 10.8 Å². The number of benzene rings is 1. The summed E-state index contributed by atoms with van der Waals surface area (Å²) in [5.74, 6) is 0.487. The van der Waals surface area contributed by atoms with Crippen LogP contribution in [-0.2, 0) is 0 Å². The summed E-state index contributed by atoms with van der Waals surface area (Å²) in [6.07, 6.45) is 1.97. The predicted octanol–water partition coefficient (Wildman–Crippen LogP) is 3.27. The number of anilines is 1. The molecule has 1 aromatic heterocycles. The summed E-state index contributed by atoms with van der Waals surface area (Å²) in [4.78, 5) is 4.28. The average molecular weight is 250 g/mol. The van der Waals surface area contributed by atoms with E-state index >= 15 is 0 Å². The first-order valence-electron chi connectivity index (χ1n) is 5.73. The van der Waals surface area contributed by atoms with Gasteiger partial charge >= 0.3 is 0 Å². The molecule has 1 unspecified atom stereocenters. The number of hydrogen-bond acceptors (Lipinski definition) is 3. The second-order valence-corrected chi connectivity index (χ2v) is 4.63. The maximum absolute atomic E-state index is 6.16. The van der Waals surface area contributed by atoms with Crippen molar-refractivity contribution in [3.8, 4) is 0 Å². The Kier molecular flexibility index (Phi) is 3.50. The van der Waals surface area contributed by atoms with Crippen molar-refractivity contribution >= 4 is 28.3 Å². The highest BCUT2D eigenvalue weighted by Gasteiger charge is 2.11. The largest absolute Gasteiger partial charge is 0.384 e. The zero-order valence-electron chi connectivity index (χ0n) is 9.78. The van der Waals surface area contributed by atoms with Crippen molar-refractivity contribution < 1.29 is 0 Å². The molecule has 0 spiro atoms. The van der Waals surface area contributed by atoms with Crippen LogP contribution in [0.3, 0.4) is 0 Å². The second-order valence-electron chi connectivity index (χ2n) is 4.19. The number of nitrogens with two attached hydrogens (primary N) is 2. The van der Waals surface area contributed by atoms with Crippen molar-refractivity contribution in [2.75, 3.05) is 5.73 Å². The smallest absolute Gasteiger partial charge is 0.124 e. The minimum atomic E-state index is -0.00558. The summed E-state index contributed by atoms with van der Waals surface area (Å²) >= 11 is 5.95. The Morgan fingerprint density at radius 3 is 2.82 bits per heavy atom. The minimum absolute atomic E-state index is 0.00558. The summed E-state index contributed by atoms with van der Waals surface area (Å²) in [7, 11) is 0. The Balaban J connectivity index is 2.61. The van der Waals surface area contributed by atoms with Gasteiger partial charge in [-0.2, -0.15) is 0 Å². The molecule has 2 rings (SSSR count). The molecular weight excluding hydrogens is 234 g/mol. The fourth-order valence-corrected chi connectivity index (χ4v) is 2.19. The maximum Gasteiger partial charge on any atom is 0.124 e. The summed E-state index contributed by atoms with van der Waals surface area (Å²) < 4.78 is 0. The van der Waals surface area contributed by atoms with E-state index in [1.807, 2.05) is 24.3 Å². The van der Waals surface area contributed by atoms with Crippen LogP contribution in [0.4, 0.5) is 5.82 Å². The van der Waals surface area contributed by atoms with Crippen LogP contribution in [0.1, 0.15) is 31.4 Å². The monoisotopic (exact) mass is 249 g/mol. The van der Waals surface area contributed by atoms with Gasteiger partial charge in [-0.05, 0) is 30.2 Å². The van der Waals surface area contributed by atoms with Crippen molar-refractivity contribution in [1.29, 1.82) is 0 Å². The lowest BCUT2D eigenvalue weighted by molar-refractivity contribution is 0.642. The molecule has 1 aromatic carbocycles. The lowest BCUT2D eigenvalue weighted by Gasteiger charge is -2.14. The quantitative estimate of drug-likeness (QED) is 0.878. The molecule has 0 aliphatic heterocycles. The Hall–Kier alpha value is -1.32. The first kappa shape index (κ1) is 12.1. The molecule has 2 aromatic rings. The summed E-state index contributed by atoms with van der Waals surface area (Å²) in [5, 5.41) is 1.69. The zero-order chi connectivity index (χ0) is 12.4. The van der Waals surface area contributed by atoms with Crippen molar-refractivity contribution in [3.63, 3.8) is 0 Å². The van der Waals surface area contributed by atoms with Gasteiger partial charge in [0.15, 0.2) is 0 Å². The van der Waals surface area contributed by atoms with Gasteiger partial charge in [0.05, 0.1) is 5.52 Å². The third kappa shape index (κ3) is 2.51. The second kappa shape index (κ2) is 4.90. The molecule has 0 bridgehead atoms. The topological polar surface area (TPSA) is 64.9 Å². The SMILES string of the molecule is CCCC(N)c1cc(N)nc2cc(Cl)ccc12. The van der Waals surface area contributed by atoms with Gasteiger partial charge in [-0.3, -0.25) is 0 Å². The number of nitrogen functional groups attached to an aromatic ring is 1. The van der Waals surface area contributed by atoms with E-state index in [1.54, 1.807) is 0 Å². The van der Waals surface area contributed by atoms with Crippen LogP contribution in [0.15, 0.2) is 24.3 Å². The summed E-state index contributed by atoms with van der Waals surface area (Å²) in [6, 6.07) is 7.47. The first-order valence-corrected chi connectivity index (χ1v) is 6.11. The van der Waals surface area contributed by atoms with Crippen molar-refractivity contribution in [1.82, 2.24) is 4.98 Å². The molecule has 3 nitrogen and oxygen atoms in total. The number of aromatic nitrogens is 1. The Labute approximate surface area is 106 Å². The predicted molar refractivity (Wildman–Crippen MR) is 73.0 cm³/mol. The fourth-order valence-electron chi connectivity index (χ4n) is 2.02. The molecule has 0 amide bonds. The van der Waals surface area contributed by atoms with E-state index in [-0.39, 0.29) is 6.04 Å². The standard InChI is InChI=1S/C13H16ClN3/c1-2-3-11(15)10-7-13(16)17-12-6-8(14)4-5-9(10)12/h4-7,11H,2-3,15H2,1H3,(H2,16,17). The van der Waals surface area contributed by atoms with E-state index < -0.39 is 0 Å². The van der Waals surface area contributed by atoms with Crippen LogP contribution in [0.5, 0.6) is 0 Å². The van der Waals surface area contributed by atoms with Crippen LogP contribution >= 0.6 is 11.6 Å². The van der Waals surface area contributed by atoms with Crippen LogP contribution in [0.2, 0.25) is 5.02 Å². The van der Waals surface area contributed by atoms with Gasteiger partial charge in [0.1, 0.15) is 5.82 Å². The van der Waals surface area contributed by atoms with Gasteiger partial charge in [-0.15, -0.1) is 0 Å². The number of halogens is 1.